The minimum atomic E-state index is -0.579. The molecule has 0 saturated heterocycles. The number of aromatic nitrogens is 4. The van der Waals surface area contributed by atoms with Gasteiger partial charge in [0.1, 0.15) is 23.4 Å². The van der Waals surface area contributed by atoms with Gasteiger partial charge in [-0.25, -0.2) is 9.97 Å². The van der Waals surface area contributed by atoms with E-state index in [1.807, 2.05) is 62.0 Å². The molecule has 0 bridgehead atoms. The molecule has 0 saturated carbocycles. The van der Waals surface area contributed by atoms with Gasteiger partial charge in [0.05, 0.1) is 5.39 Å². The first-order chi connectivity index (χ1) is 19.2. The van der Waals surface area contributed by atoms with Crippen molar-refractivity contribution < 1.29 is 9.59 Å². The predicted octanol–water partition coefficient (Wildman–Crippen LogP) is 4.78. The van der Waals surface area contributed by atoms with Gasteiger partial charge in [-0.05, 0) is 48.7 Å². The minimum absolute atomic E-state index is 0.0739. The molecule has 1 amide bonds. The Balaban J connectivity index is 1.37. The molecular formula is C31H28N6O3. The number of ketones is 1. The van der Waals surface area contributed by atoms with Gasteiger partial charge in [0.2, 0.25) is 0 Å². The van der Waals surface area contributed by atoms with Gasteiger partial charge in [-0.1, -0.05) is 44.2 Å². The monoisotopic (exact) mass is 532 g/mol. The number of fused-ring (bicyclic) bond motifs is 2. The highest BCUT2D eigenvalue weighted by Gasteiger charge is 2.37. The summed E-state index contributed by atoms with van der Waals surface area (Å²) in [6.45, 7) is 3.79. The van der Waals surface area contributed by atoms with Crippen LogP contribution in [0.5, 0.6) is 0 Å². The highest BCUT2D eigenvalue weighted by atomic mass is 16.2. The summed E-state index contributed by atoms with van der Waals surface area (Å²) in [7, 11) is 1.89. The third-order valence-electron chi connectivity index (χ3n) is 7.64. The molecule has 40 heavy (non-hydrogen) atoms. The Hall–Kier alpha value is -5.05. The lowest BCUT2D eigenvalue weighted by Crippen LogP contribution is -2.38. The van der Waals surface area contributed by atoms with Crippen LogP contribution in [0.2, 0.25) is 0 Å². The quantitative estimate of drug-likeness (QED) is 0.343. The Morgan fingerprint density at radius 3 is 2.45 bits per heavy atom. The van der Waals surface area contributed by atoms with E-state index in [4.69, 9.17) is 5.73 Å². The fourth-order valence-electron chi connectivity index (χ4n) is 5.40. The van der Waals surface area contributed by atoms with Crippen molar-refractivity contribution in [2.45, 2.75) is 26.7 Å². The van der Waals surface area contributed by atoms with Crippen LogP contribution in [0.25, 0.3) is 27.8 Å². The number of nitrogens with two attached hydrogens (primary N) is 1. The number of benzene rings is 2. The number of aryl methyl sites for hydroxylation is 1. The standard InChI is InChI=1S/C31H28N6O3/c1-31(2)14-13-24-21(26(31)38)15-22(30(40)37(24)20-7-5-4-6-8-20)29(39)35-19-11-9-18(10-12-19)23-16-36(3)28-25(23)27(32)33-17-34-28/h4-12,15-17H,13-14H2,1-3H3,(H,35,39)(H2,32,33,34). The van der Waals surface area contributed by atoms with Crippen LogP contribution in [-0.2, 0) is 13.5 Å². The first kappa shape index (κ1) is 25.2. The van der Waals surface area contributed by atoms with Crippen molar-refractivity contribution in [1.29, 1.82) is 0 Å². The third kappa shape index (κ3) is 4.07. The Labute approximate surface area is 230 Å². The summed E-state index contributed by atoms with van der Waals surface area (Å²) in [5.41, 5.74) is 9.65. The van der Waals surface area contributed by atoms with Crippen molar-refractivity contribution in [3.8, 4) is 16.8 Å². The van der Waals surface area contributed by atoms with E-state index in [0.717, 1.165) is 22.2 Å². The third-order valence-corrected chi connectivity index (χ3v) is 7.64. The zero-order chi connectivity index (χ0) is 28.2. The zero-order valence-electron chi connectivity index (χ0n) is 22.4. The number of pyridine rings is 1. The summed E-state index contributed by atoms with van der Waals surface area (Å²) in [6, 6.07) is 17.8. The summed E-state index contributed by atoms with van der Waals surface area (Å²) in [4.78, 5) is 49.0. The van der Waals surface area contributed by atoms with Crippen molar-refractivity contribution in [2.24, 2.45) is 12.5 Å². The van der Waals surface area contributed by atoms with E-state index in [2.05, 4.69) is 15.3 Å². The van der Waals surface area contributed by atoms with Crippen molar-refractivity contribution >= 4 is 34.2 Å². The number of rotatable bonds is 4. The molecule has 5 aromatic rings. The summed E-state index contributed by atoms with van der Waals surface area (Å²) in [5, 5.41) is 3.59. The Bertz CT molecular complexity index is 1870. The van der Waals surface area contributed by atoms with Crippen LogP contribution in [0, 0.1) is 5.41 Å². The molecule has 0 spiro atoms. The topological polar surface area (TPSA) is 125 Å². The van der Waals surface area contributed by atoms with Gasteiger partial charge in [0, 0.05) is 46.9 Å². The van der Waals surface area contributed by atoms with Gasteiger partial charge in [-0.2, -0.15) is 0 Å². The van der Waals surface area contributed by atoms with Gasteiger partial charge >= 0.3 is 0 Å². The molecule has 3 N–H and O–H groups in total. The van der Waals surface area contributed by atoms with Gasteiger partial charge in [-0.3, -0.25) is 19.0 Å². The maximum absolute atomic E-state index is 13.7. The molecule has 0 radical (unpaired) electrons. The number of anilines is 2. The molecule has 0 aliphatic heterocycles. The molecular weight excluding hydrogens is 504 g/mol. The fraction of sp³-hybridized carbons (Fsp3) is 0.194. The number of carbonyl (C=O) groups excluding carboxylic acids is 2. The van der Waals surface area contributed by atoms with E-state index in [1.54, 1.807) is 24.3 Å². The Morgan fingerprint density at radius 1 is 1.00 bits per heavy atom. The normalized spacial score (nSPS) is 14.2. The lowest BCUT2D eigenvalue weighted by molar-refractivity contribution is 0.0808. The molecule has 200 valence electrons. The summed E-state index contributed by atoms with van der Waals surface area (Å²) in [6.07, 6.45) is 4.55. The smallest absolute Gasteiger partial charge is 0.268 e. The zero-order valence-corrected chi connectivity index (χ0v) is 22.4. The molecule has 1 aliphatic rings. The van der Waals surface area contributed by atoms with Crippen LogP contribution in [0.15, 0.2) is 78.0 Å². The Morgan fingerprint density at radius 2 is 1.73 bits per heavy atom. The molecule has 0 fully saturated rings. The van der Waals surface area contributed by atoms with Crippen molar-refractivity contribution in [1.82, 2.24) is 19.1 Å². The van der Waals surface area contributed by atoms with Crippen LogP contribution < -0.4 is 16.6 Å². The highest BCUT2D eigenvalue weighted by Crippen LogP contribution is 2.36. The number of hydrogen-bond acceptors (Lipinski definition) is 6. The number of nitrogens with one attached hydrogen (secondary N) is 1. The Kier molecular flexibility index (Phi) is 5.87. The number of nitrogen functional groups attached to an aromatic ring is 1. The van der Waals surface area contributed by atoms with Gasteiger partial charge in [-0.15, -0.1) is 0 Å². The number of carbonyl (C=O) groups is 2. The first-order valence-corrected chi connectivity index (χ1v) is 13.0. The molecule has 2 aromatic carbocycles. The second-order valence-corrected chi connectivity index (χ2v) is 10.8. The molecule has 3 heterocycles. The van der Waals surface area contributed by atoms with Crippen LogP contribution in [0.4, 0.5) is 11.5 Å². The van der Waals surface area contributed by atoms with E-state index in [9.17, 15) is 14.4 Å². The SMILES string of the molecule is Cn1cc(-c2ccc(NC(=O)c3cc4c(n(-c5ccccc5)c3=O)CCC(C)(C)C4=O)cc2)c2c(N)ncnc21. The molecule has 3 aromatic heterocycles. The van der Waals surface area contributed by atoms with Crippen molar-refractivity contribution in [3.63, 3.8) is 0 Å². The number of para-hydroxylation sites is 1. The molecule has 9 nitrogen and oxygen atoms in total. The second-order valence-electron chi connectivity index (χ2n) is 10.8. The minimum Gasteiger partial charge on any atom is -0.383 e. The molecule has 1 aliphatic carbocycles. The highest BCUT2D eigenvalue weighted by molar-refractivity contribution is 6.08. The number of amides is 1. The molecule has 0 atom stereocenters. The van der Waals surface area contributed by atoms with E-state index in [1.165, 1.54) is 17.0 Å². The molecule has 6 rings (SSSR count). The van der Waals surface area contributed by atoms with E-state index in [-0.39, 0.29) is 11.3 Å². The van der Waals surface area contributed by atoms with Gasteiger partial charge in [0.15, 0.2) is 5.78 Å². The number of hydrogen-bond donors (Lipinski definition) is 2. The largest absolute Gasteiger partial charge is 0.383 e. The molecule has 0 unspecified atom stereocenters. The van der Waals surface area contributed by atoms with Crippen LogP contribution in [0.3, 0.4) is 0 Å². The van der Waals surface area contributed by atoms with Crippen molar-refractivity contribution in [3.05, 3.63) is 100 Å². The van der Waals surface area contributed by atoms with Gasteiger partial charge in [0.25, 0.3) is 11.5 Å². The lowest BCUT2D eigenvalue weighted by atomic mass is 9.74. The summed E-state index contributed by atoms with van der Waals surface area (Å²) in [5.74, 6) is -0.266. The summed E-state index contributed by atoms with van der Waals surface area (Å²) < 4.78 is 3.39. The van der Waals surface area contributed by atoms with Crippen LogP contribution >= 0.6 is 0 Å². The van der Waals surface area contributed by atoms with Crippen molar-refractivity contribution in [2.75, 3.05) is 11.1 Å². The fourth-order valence-corrected chi connectivity index (χ4v) is 5.40. The van der Waals surface area contributed by atoms with E-state index in [0.29, 0.717) is 41.3 Å². The number of nitrogens with zero attached hydrogens (tertiary/aromatic N) is 4. The van der Waals surface area contributed by atoms with Gasteiger partial charge < -0.3 is 15.6 Å². The lowest BCUT2D eigenvalue weighted by Gasteiger charge is -2.31. The summed E-state index contributed by atoms with van der Waals surface area (Å²) >= 11 is 0. The van der Waals surface area contributed by atoms with E-state index >= 15 is 0 Å². The average molecular weight is 533 g/mol. The maximum Gasteiger partial charge on any atom is 0.268 e. The second kappa shape index (κ2) is 9.30. The molecule has 9 heteroatoms. The number of Topliss-reactive ketones (excluding diaryl/α,β-unsaturated/α-hetero) is 1. The van der Waals surface area contributed by atoms with Crippen LogP contribution in [-0.4, -0.2) is 30.8 Å². The first-order valence-electron chi connectivity index (χ1n) is 13.0. The average Bonchev–Trinajstić information content (AvgIpc) is 3.29. The van der Waals surface area contributed by atoms with Crippen LogP contribution in [0.1, 0.15) is 46.7 Å². The maximum atomic E-state index is 13.7. The van der Waals surface area contributed by atoms with E-state index < -0.39 is 16.9 Å². The predicted molar refractivity (Wildman–Crippen MR) is 155 cm³/mol.